The summed E-state index contributed by atoms with van der Waals surface area (Å²) in [7, 11) is 0. The van der Waals surface area contributed by atoms with E-state index in [4.69, 9.17) is 10.00 Å². The lowest BCUT2D eigenvalue weighted by atomic mass is 9.61. The second-order valence-electron chi connectivity index (χ2n) is 10.1. The third-order valence-corrected chi connectivity index (χ3v) is 7.21. The fraction of sp³-hybridized carbons (Fsp3) is 0.520. The van der Waals surface area contributed by atoms with E-state index in [0.29, 0.717) is 24.6 Å². The van der Waals surface area contributed by atoms with Crippen molar-refractivity contribution in [1.29, 1.82) is 5.26 Å². The number of amides is 1. The first-order valence-corrected chi connectivity index (χ1v) is 11.8. The van der Waals surface area contributed by atoms with Gasteiger partial charge in [0.15, 0.2) is 0 Å². The van der Waals surface area contributed by atoms with Crippen molar-refractivity contribution in [3.63, 3.8) is 0 Å². The standard InChI is InChI=1S/C25H29FN6O2/c1-17-12-31(23-28-10-20(9-27)11-29-23)13-18(2)32(17)24(33)34-22-7-25(8-22)15-30(16-25)14-19-3-5-21(26)6-4-19/h3-6,10-11,17-18,22H,7-8,12-16H2,1-2H3/t17-,18+. The predicted molar refractivity (Wildman–Crippen MR) is 123 cm³/mol. The molecule has 1 aliphatic carbocycles. The zero-order valence-electron chi connectivity index (χ0n) is 19.5. The number of piperazine rings is 1. The van der Waals surface area contributed by atoms with E-state index in [1.807, 2.05) is 41.8 Å². The highest BCUT2D eigenvalue weighted by atomic mass is 19.1. The molecule has 1 aromatic carbocycles. The molecule has 9 heteroatoms. The Kier molecular flexibility index (Phi) is 5.86. The van der Waals surface area contributed by atoms with Crippen LogP contribution in [0.1, 0.15) is 37.8 Å². The number of carbonyl (C=O) groups is 1. The van der Waals surface area contributed by atoms with Crippen LogP contribution in [0.15, 0.2) is 36.7 Å². The average molecular weight is 465 g/mol. The first-order chi connectivity index (χ1) is 16.3. The summed E-state index contributed by atoms with van der Waals surface area (Å²) in [4.78, 5) is 27.8. The van der Waals surface area contributed by atoms with Crippen LogP contribution >= 0.6 is 0 Å². The summed E-state index contributed by atoms with van der Waals surface area (Å²) < 4.78 is 19.0. The van der Waals surface area contributed by atoms with Gasteiger partial charge in [-0.3, -0.25) is 9.80 Å². The van der Waals surface area contributed by atoms with Crippen LogP contribution < -0.4 is 4.90 Å². The summed E-state index contributed by atoms with van der Waals surface area (Å²) in [6.07, 6.45) is 4.57. The molecule has 1 spiro atoms. The van der Waals surface area contributed by atoms with E-state index in [9.17, 15) is 9.18 Å². The van der Waals surface area contributed by atoms with Gasteiger partial charge in [0.05, 0.1) is 30.0 Å². The predicted octanol–water partition coefficient (Wildman–Crippen LogP) is 3.19. The number of likely N-dealkylation sites (tertiary alicyclic amines) is 1. The van der Waals surface area contributed by atoms with Crippen molar-refractivity contribution in [2.75, 3.05) is 31.1 Å². The summed E-state index contributed by atoms with van der Waals surface area (Å²) >= 11 is 0. The molecule has 3 aliphatic rings. The molecule has 34 heavy (non-hydrogen) atoms. The molecule has 2 atom stereocenters. The highest BCUT2D eigenvalue weighted by molar-refractivity contribution is 5.69. The highest BCUT2D eigenvalue weighted by Gasteiger charge is 2.54. The van der Waals surface area contributed by atoms with E-state index < -0.39 is 0 Å². The van der Waals surface area contributed by atoms with Gasteiger partial charge in [-0.15, -0.1) is 0 Å². The van der Waals surface area contributed by atoms with Crippen molar-refractivity contribution in [3.05, 3.63) is 53.6 Å². The number of nitriles is 1. The topological polar surface area (TPSA) is 85.6 Å². The van der Waals surface area contributed by atoms with Gasteiger partial charge in [-0.05, 0) is 44.4 Å². The minimum atomic E-state index is -0.247. The van der Waals surface area contributed by atoms with Crippen LogP contribution in [0.4, 0.5) is 15.1 Å². The number of anilines is 1. The van der Waals surface area contributed by atoms with Crippen molar-refractivity contribution in [2.24, 2.45) is 5.41 Å². The molecule has 1 saturated carbocycles. The fourth-order valence-corrected chi connectivity index (χ4v) is 5.70. The second kappa shape index (κ2) is 8.84. The molecule has 8 nitrogen and oxygen atoms in total. The Bertz CT molecular complexity index is 1060. The fourth-order valence-electron chi connectivity index (χ4n) is 5.70. The summed E-state index contributed by atoms with van der Waals surface area (Å²) in [6, 6.07) is 8.62. The highest BCUT2D eigenvalue weighted by Crippen LogP contribution is 2.50. The largest absolute Gasteiger partial charge is 0.446 e. The number of halogens is 1. The maximum Gasteiger partial charge on any atom is 0.410 e. The average Bonchev–Trinajstić information content (AvgIpc) is 2.77. The summed E-state index contributed by atoms with van der Waals surface area (Å²) in [6.45, 7) is 8.05. The molecule has 0 unspecified atom stereocenters. The smallest absolute Gasteiger partial charge is 0.410 e. The van der Waals surface area contributed by atoms with Crippen LogP contribution in [0, 0.1) is 22.6 Å². The minimum Gasteiger partial charge on any atom is -0.446 e. The lowest BCUT2D eigenvalue weighted by Crippen LogP contribution is -2.65. The number of rotatable bonds is 4. The van der Waals surface area contributed by atoms with Crippen LogP contribution in [0.25, 0.3) is 0 Å². The molecule has 2 aromatic rings. The molecule has 2 saturated heterocycles. The van der Waals surface area contributed by atoms with Gasteiger partial charge in [0, 0.05) is 38.1 Å². The SMILES string of the molecule is C[C@@H]1CN(c2ncc(C#N)cn2)C[C@H](C)N1C(=O)OC1CC2(C1)CN(Cc1ccc(F)cc1)C2. The number of benzene rings is 1. The number of hydrogen-bond acceptors (Lipinski definition) is 7. The quantitative estimate of drug-likeness (QED) is 0.687. The Balaban J connectivity index is 1.08. The number of nitrogens with zero attached hydrogens (tertiary/aromatic N) is 6. The normalized spacial score (nSPS) is 24.3. The summed E-state index contributed by atoms with van der Waals surface area (Å²) in [5, 5.41) is 8.93. The van der Waals surface area contributed by atoms with Crippen molar-refractivity contribution < 1.29 is 13.9 Å². The van der Waals surface area contributed by atoms with Gasteiger partial charge in [-0.1, -0.05) is 12.1 Å². The number of carbonyl (C=O) groups excluding carboxylic acids is 1. The Morgan fingerprint density at radius 2 is 1.76 bits per heavy atom. The molecular formula is C25H29FN6O2. The van der Waals surface area contributed by atoms with Crippen LogP contribution in [-0.2, 0) is 11.3 Å². The lowest BCUT2D eigenvalue weighted by molar-refractivity contribution is -0.137. The number of ether oxygens (including phenoxy) is 1. The van der Waals surface area contributed by atoms with E-state index in [1.54, 1.807) is 0 Å². The molecule has 0 bridgehead atoms. The number of aromatic nitrogens is 2. The monoisotopic (exact) mass is 464 g/mol. The Morgan fingerprint density at radius 1 is 1.15 bits per heavy atom. The van der Waals surface area contributed by atoms with Crippen molar-refractivity contribution >= 4 is 12.0 Å². The molecule has 0 N–H and O–H groups in total. The minimum absolute atomic E-state index is 0.0280. The van der Waals surface area contributed by atoms with Gasteiger partial charge in [0.2, 0.25) is 5.95 Å². The first-order valence-electron chi connectivity index (χ1n) is 11.8. The van der Waals surface area contributed by atoms with Crippen molar-refractivity contribution in [1.82, 2.24) is 19.8 Å². The molecule has 3 fully saturated rings. The van der Waals surface area contributed by atoms with Gasteiger partial charge in [0.1, 0.15) is 18.0 Å². The van der Waals surface area contributed by atoms with E-state index in [2.05, 4.69) is 14.9 Å². The summed E-state index contributed by atoms with van der Waals surface area (Å²) in [5.74, 6) is 0.363. The molecule has 0 radical (unpaired) electrons. The van der Waals surface area contributed by atoms with Crippen LogP contribution in [-0.4, -0.2) is 70.2 Å². The maximum atomic E-state index is 13.1. The Labute approximate surface area is 198 Å². The second-order valence-corrected chi connectivity index (χ2v) is 10.1. The van der Waals surface area contributed by atoms with Crippen molar-refractivity contribution in [3.8, 4) is 6.07 Å². The van der Waals surface area contributed by atoms with Gasteiger partial charge < -0.3 is 9.64 Å². The number of hydrogen-bond donors (Lipinski definition) is 0. The van der Waals surface area contributed by atoms with Crippen molar-refractivity contribution in [2.45, 2.75) is 51.4 Å². The van der Waals surface area contributed by atoms with E-state index in [-0.39, 0.29) is 35.5 Å². The molecular weight excluding hydrogens is 435 g/mol. The molecule has 5 rings (SSSR count). The molecule has 2 aliphatic heterocycles. The van der Waals surface area contributed by atoms with E-state index >= 15 is 0 Å². The van der Waals surface area contributed by atoms with Gasteiger partial charge in [-0.2, -0.15) is 5.26 Å². The molecule has 3 heterocycles. The third-order valence-electron chi connectivity index (χ3n) is 7.21. The van der Waals surface area contributed by atoms with Gasteiger partial charge >= 0.3 is 6.09 Å². The third kappa shape index (κ3) is 4.42. The molecule has 1 amide bonds. The maximum absolute atomic E-state index is 13.1. The Hall–Kier alpha value is -3.25. The van der Waals surface area contributed by atoms with Gasteiger partial charge in [0.25, 0.3) is 0 Å². The van der Waals surface area contributed by atoms with Crippen LogP contribution in [0.5, 0.6) is 0 Å². The lowest BCUT2D eigenvalue weighted by Gasteiger charge is -2.58. The van der Waals surface area contributed by atoms with Gasteiger partial charge in [-0.25, -0.2) is 19.2 Å². The zero-order chi connectivity index (χ0) is 23.9. The van der Waals surface area contributed by atoms with E-state index in [0.717, 1.165) is 38.0 Å². The molecule has 178 valence electrons. The van der Waals surface area contributed by atoms with E-state index in [1.165, 1.54) is 24.5 Å². The first kappa shape index (κ1) is 22.5. The van der Waals surface area contributed by atoms with Crippen LogP contribution in [0.2, 0.25) is 0 Å². The van der Waals surface area contributed by atoms with Crippen LogP contribution in [0.3, 0.4) is 0 Å². The summed E-state index contributed by atoms with van der Waals surface area (Å²) in [5.41, 5.74) is 1.80. The molecule has 1 aromatic heterocycles. The Morgan fingerprint density at radius 3 is 2.35 bits per heavy atom. The zero-order valence-corrected chi connectivity index (χ0v) is 19.5.